The Kier molecular flexibility index (Phi) is 5.85. The Morgan fingerprint density at radius 2 is 1.72 bits per heavy atom. The Hall–Kier alpha value is -1.73. The minimum Gasteiger partial charge on any atom is -0.455 e. The standard InChI is InChI=1S/C30H42O6/c1-16-14-30(34)25(36-26(33)19-11-9-8-10-12-19)23-28(6)15-35-21(28)13-20(31)29(23,7)24(32)18(3)22(17(16)2)27(30,4)5/h8-12,16,18,20-21,23-25,31-32,34H,13-15H2,1-7H3/t16-,18+,20-,21+,23+,24-,25-,28+,29+,30+/m0/s1. The Morgan fingerprint density at radius 3 is 2.31 bits per heavy atom. The van der Waals surface area contributed by atoms with Crippen molar-refractivity contribution >= 4 is 5.97 Å². The van der Waals surface area contributed by atoms with E-state index in [2.05, 4.69) is 20.8 Å². The van der Waals surface area contributed by atoms with E-state index >= 15 is 0 Å². The molecular formula is C30H42O6. The maximum atomic E-state index is 13.6. The van der Waals surface area contributed by atoms with Crippen LogP contribution in [0.1, 0.15) is 71.7 Å². The van der Waals surface area contributed by atoms with Crippen LogP contribution in [0.3, 0.4) is 0 Å². The molecule has 0 amide bonds. The number of aliphatic hydroxyl groups is 3. The Morgan fingerprint density at radius 1 is 1.08 bits per heavy atom. The number of rotatable bonds is 2. The van der Waals surface area contributed by atoms with Crippen LogP contribution >= 0.6 is 0 Å². The Bertz CT molecular complexity index is 1080. The van der Waals surface area contributed by atoms with Gasteiger partial charge >= 0.3 is 5.97 Å². The molecule has 3 fully saturated rings. The van der Waals surface area contributed by atoms with Gasteiger partial charge < -0.3 is 24.8 Å². The number of hydrogen-bond acceptors (Lipinski definition) is 6. The van der Waals surface area contributed by atoms with Gasteiger partial charge in [-0.1, -0.05) is 70.9 Å². The zero-order valence-corrected chi connectivity index (χ0v) is 22.6. The lowest BCUT2D eigenvalue weighted by Crippen LogP contribution is -2.77. The van der Waals surface area contributed by atoms with E-state index < -0.39 is 52.0 Å². The van der Waals surface area contributed by atoms with Gasteiger partial charge in [0.2, 0.25) is 0 Å². The second-order valence-corrected chi connectivity index (χ2v) is 13.1. The summed E-state index contributed by atoms with van der Waals surface area (Å²) in [5.74, 6) is -1.27. The van der Waals surface area contributed by atoms with Gasteiger partial charge in [-0.25, -0.2) is 4.79 Å². The molecule has 1 saturated heterocycles. The van der Waals surface area contributed by atoms with Gasteiger partial charge in [0.1, 0.15) is 11.7 Å². The second-order valence-electron chi connectivity index (χ2n) is 13.1. The monoisotopic (exact) mass is 498 g/mol. The van der Waals surface area contributed by atoms with Crippen molar-refractivity contribution in [3.63, 3.8) is 0 Å². The summed E-state index contributed by atoms with van der Waals surface area (Å²) in [6, 6.07) is 8.84. The predicted octanol–water partition coefficient (Wildman–Crippen LogP) is 4.13. The summed E-state index contributed by atoms with van der Waals surface area (Å²) >= 11 is 0. The number of benzene rings is 1. The van der Waals surface area contributed by atoms with E-state index in [0.717, 1.165) is 11.1 Å². The first-order valence-electron chi connectivity index (χ1n) is 13.4. The highest BCUT2D eigenvalue weighted by atomic mass is 16.6. The summed E-state index contributed by atoms with van der Waals surface area (Å²) in [7, 11) is 0. The molecule has 36 heavy (non-hydrogen) atoms. The minimum atomic E-state index is -1.41. The molecule has 0 unspecified atom stereocenters. The molecule has 1 heterocycles. The van der Waals surface area contributed by atoms with E-state index in [4.69, 9.17) is 9.47 Å². The molecule has 6 heteroatoms. The van der Waals surface area contributed by atoms with Gasteiger partial charge in [0.25, 0.3) is 0 Å². The minimum absolute atomic E-state index is 0.0460. The molecule has 0 spiro atoms. The number of carbonyl (C=O) groups excluding carboxylic acids is 1. The second kappa shape index (κ2) is 8.13. The van der Waals surface area contributed by atoms with E-state index in [1.165, 1.54) is 0 Å². The van der Waals surface area contributed by atoms with E-state index in [1.54, 1.807) is 24.3 Å². The van der Waals surface area contributed by atoms with Crippen LogP contribution in [-0.2, 0) is 9.47 Å². The number of carbonyl (C=O) groups is 1. The molecule has 1 aromatic carbocycles. The molecule has 3 aliphatic carbocycles. The molecule has 10 atom stereocenters. The summed E-state index contributed by atoms with van der Waals surface area (Å²) in [6.07, 6.45) is -2.12. The van der Waals surface area contributed by atoms with Crippen LogP contribution in [0.2, 0.25) is 0 Å². The fourth-order valence-corrected chi connectivity index (χ4v) is 8.68. The molecule has 0 aromatic heterocycles. The van der Waals surface area contributed by atoms with Gasteiger partial charge in [-0.3, -0.25) is 0 Å². The zero-order valence-electron chi connectivity index (χ0n) is 22.6. The van der Waals surface area contributed by atoms with Crippen LogP contribution in [0.4, 0.5) is 0 Å². The van der Waals surface area contributed by atoms with Crippen molar-refractivity contribution in [1.29, 1.82) is 0 Å². The van der Waals surface area contributed by atoms with Crippen molar-refractivity contribution < 1.29 is 29.6 Å². The quantitative estimate of drug-likeness (QED) is 0.419. The molecule has 1 aliphatic heterocycles. The molecule has 5 rings (SSSR count). The molecule has 6 nitrogen and oxygen atoms in total. The highest BCUT2D eigenvalue weighted by Gasteiger charge is 2.74. The third-order valence-electron chi connectivity index (χ3n) is 11.0. The van der Waals surface area contributed by atoms with E-state index in [-0.39, 0.29) is 17.9 Å². The number of allylic oxidation sites excluding steroid dienone is 1. The van der Waals surface area contributed by atoms with E-state index in [9.17, 15) is 20.1 Å². The summed E-state index contributed by atoms with van der Waals surface area (Å²) < 4.78 is 12.3. The summed E-state index contributed by atoms with van der Waals surface area (Å²) in [5.41, 5.74) is -1.10. The van der Waals surface area contributed by atoms with Crippen LogP contribution < -0.4 is 0 Å². The highest BCUT2D eigenvalue weighted by molar-refractivity contribution is 5.89. The number of aliphatic hydroxyl groups excluding tert-OH is 2. The average Bonchev–Trinajstić information content (AvgIpc) is 2.83. The van der Waals surface area contributed by atoms with Crippen molar-refractivity contribution in [3.8, 4) is 0 Å². The fourth-order valence-electron chi connectivity index (χ4n) is 8.68. The topological polar surface area (TPSA) is 96.2 Å². The van der Waals surface area contributed by atoms with E-state index in [0.29, 0.717) is 25.0 Å². The van der Waals surface area contributed by atoms with Crippen molar-refractivity contribution in [1.82, 2.24) is 0 Å². The average molecular weight is 499 g/mol. The number of esters is 1. The van der Waals surface area contributed by atoms with Gasteiger partial charge in [-0.05, 0) is 31.4 Å². The third-order valence-corrected chi connectivity index (χ3v) is 11.0. The van der Waals surface area contributed by atoms with Gasteiger partial charge in [-0.15, -0.1) is 0 Å². The molecule has 0 radical (unpaired) electrons. The number of ether oxygens (including phenoxy) is 2. The van der Waals surface area contributed by atoms with Crippen molar-refractivity contribution in [3.05, 3.63) is 47.0 Å². The molecule has 1 aromatic rings. The Balaban J connectivity index is 1.77. The van der Waals surface area contributed by atoms with Gasteiger partial charge in [-0.2, -0.15) is 0 Å². The lowest BCUT2D eigenvalue weighted by atomic mass is 9.41. The lowest BCUT2D eigenvalue weighted by Gasteiger charge is -2.70. The van der Waals surface area contributed by atoms with Crippen molar-refractivity contribution in [2.45, 2.75) is 91.3 Å². The summed E-state index contributed by atoms with van der Waals surface area (Å²) in [6.45, 7) is 14.7. The maximum absolute atomic E-state index is 13.6. The number of fused-ring (bicyclic) bond motifs is 5. The SMILES string of the molecule is CC1=C2[C@@H](C)[C@H](O)[C@@]3(C)[C@H]([C@H](OC(=O)c4ccccc4)[C@](O)(C[C@@H]1C)C2(C)C)[C@]1(C)CO[C@@H]1C[C@@H]3O. The van der Waals surface area contributed by atoms with Crippen molar-refractivity contribution in [2.24, 2.45) is 34.0 Å². The van der Waals surface area contributed by atoms with Crippen LogP contribution in [0.5, 0.6) is 0 Å². The normalized spacial score (nSPS) is 47.6. The first-order valence-corrected chi connectivity index (χ1v) is 13.4. The van der Waals surface area contributed by atoms with E-state index in [1.807, 2.05) is 33.8 Å². The first kappa shape index (κ1) is 25.9. The molecule has 3 N–H and O–H groups in total. The third kappa shape index (κ3) is 3.14. The van der Waals surface area contributed by atoms with Crippen molar-refractivity contribution in [2.75, 3.05) is 6.61 Å². The predicted molar refractivity (Wildman–Crippen MR) is 136 cm³/mol. The highest BCUT2D eigenvalue weighted by Crippen LogP contribution is 2.67. The zero-order chi connectivity index (χ0) is 26.4. The summed E-state index contributed by atoms with van der Waals surface area (Å²) in [4.78, 5) is 13.6. The van der Waals surface area contributed by atoms with Crippen LogP contribution in [0.25, 0.3) is 0 Å². The molecule has 2 saturated carbocycles. The smallest absolute Gasteiger partial charge is 0.338 e. The van der Waals surface area contributed by atoms with Gasteiger partial charge in [0.15, 0.2) is 0 Å². The number of hydrogen-bond donors (Lipinski definition) is 3. The summed E-state index contributed by atoms with van der Waals surface area (Å²) in [5, 5.41) is 36.5. The largest absolute Gasteiger partial charge is 0.455 e. The van der Waals surface area contributed by atoms with Crippen LogP contribution in [-0.4, -0.2) is 57.9 Å². The molecular weight excluding hydrogens is 456 g/mol. The Labute approximate surface area is 214 Å². The van der Waals surface area contributed by atoms with Crippen LogP contribution in [0.15, 0.2) is 41.5 Å². The molecule has 4 aliphatic rings. The molecule has 198 valence electrons. The first-order chi connectivity index (χ1) is 16.7. The lowest BCUT2D eigenvalue weighted by molar-refractivity contribution is -0.335. The van der Waals surface area contributed by atoms with Gasteiger partial charge in [0.05, 0.1) is 30.5 Å². The van der Waals surface area contributed by atoms with Gasteiger partial charge in [0, 0.05) is 34.5 Å². The maximum Gasteiger partial charge on any atom is 0.338 e. The van der Waals surface area contributed by atoms with Crippen LogP contribution in [0, 0.1) is 34.0 Å². The molecule has 2 bridgehead atoms. The fraction of sp³-hybridized carbons (Fsp3) is 0.700.